The third kappa shape index (κ3) is 4.72. The molecule has 1 aromatic carbocycles. The van der Waals surface area contributed by atoms with Gasteiger partial charge in [-0.3, -0.25) is 9.20 Å². The first-order chi connectivity index (χ1) is 12.9. The lowest BCUT2D eigenvalue weighted by atomic mass is 10.1. The highest BCUT2D eigenvalue weighted by Crippen LogP contribution is 2.17. The molecular weight excluding hydrogens is 340 g/mol. The molecule has 3 aromatic rings. The van der Waals surface area contributed by atoms with E-state index >= 15 is 0 Å². The molecule has 0 spiro atoms. The van der Waals surface area contributed by atoms with Crippen LogP contribution in [0.15, 0.2) is 48.9 Å². The maximum absolute atomic E-state index is 12.7. The quantitative estimate of drug-likeness (QED) is 0.700. The zero-order valence-electron chi connectivity index (χ0n) is 15.6. The van der Waals surface area contributed by atoms with E-state index < -0.39 is 5.60 Å². The molecule has 0 saturated heterocycles. The fourth-order valence-electron chi connectivity index (χ4n) is 2.61. The predicted octanol–water partition coefficient (Wildman–Crippen LogP) is 2.73. The first kappa shape index (κ1) is 18.6. The molecule has 0 aliphatic carbocycles. The SMILES string of the molecule is CCC(NC(=O)c1cccc(C#CC(C)(C)O)c1)c1cn2cccnc2n1. The maximum Gasteiger partial charge on any atom is 0.251 e. The van der Waals surface area contributed by atoms with Crippen molar-refractivity contribution in [2.24, 2.45) is 0 Å². The van der Waals surface area contributed by atoms with Gasteiger partial charge in [0, 0.05) is 29.7 Å². The molecule has 27 heavy (non-hydrogen) atoms. The number of aliphatic hydroxyl groups is 1. The monoisotopic (exact) mass is 362 g/mol. The summed E-state index contributed by atoms with van der Waals surface area (Å²) in [5.74, 6) is 6.05. The summed E-state index contributed by atoms with van der Waals surface area (Å²) in [6.07, 6.45) is 6.14. The van der Waals surface area contributed by atoms with E-state index in [1.807, 2.05) is 29.8 Å². The molecule has 6 heteroatoms. The van der Waals surface area contributed by atoms with Gasteiger partial charge in [0.1, 0.15) is 5.60 Å². The van der Waals surface area contributed by atoms with Crippen molar-refractivity contribution in [1.82, 2.24) is 19.7 Å². The number of aromatic nitrogens is 3. The number of carbonyl (C=O) groups excluding carboxylic acids is 1. The molecule has 6 nitrogen and oxygen atoms in total. The zero-order valence-corrected chi connectivity index (χ0v) is 15.6. The number of nitrogens with one attached hydrogen (secondary N) is 1. The third-order valence-corrected chi connectivity index (χ3v) is 3.96. The Morgan fingerprint density at radius 2 is 2.19 bits per heavy atom. The van der Waals surface area contributed by atoms with Gasteiger partial charge in [-0.25, -0.2) is 9.97 Å². The molecule has 0 aliphatic rings. The van der Waals surface area contributed by atoms with Gasteiger partial charge in [0.25, 0.3) is 5.91 Å². The highest BCUT2D eigenvalue weighted by molar-refractivity contribution is 5.94. The predicted molar refractivity (Wildman–Crippen MR) is 103 cm³/mol. The number of hydrogen-bond donors (Lipinski definition) is 2. The minimum atomic E-state index is -1.08. The van der Waals surface area contributed by atoms with E-state index in [2.05, 4.69) is 27.1 Å². The van der Waals surface area contributed by atoms with E-state index in [4.69, 9.17) is 0 Å². The number of rotatable bonds is 4. The number of carbonyl (C=O) groups is 1. The topological polar surface area (TPSA) is 79.5 Å². The van der Waals surface area contributed by atoms with E-state index in [9.17, 15) is 9.90 Å². The fourth-order valence-corrected chi connectivity index (χ4v) is 2.61. The van der Waals surface area contributed by atoms with Crippen LogP contribution < -0.4 is 5.32 Å². The van der Waals surface area contributed by atoms with Crippen molar-refractivity contribution in [2.45, 2.75) is 38.8 Å². The summed E-state index contributed by atoms with van der Waals surface area (Å²) < 4.78 is 1.83. The molecule has 1 unspecified atom stereocenters. The van der Waals surface area contributed by atoms with Gasteiger partial charge >= 0.3 is 0 Å². The molecule has 2 N–H and O–H groups in total. The van der Waals surface area contributed by atoms with E-state index in [1.165, 1.54) is 0 Å². The summed E-state index contributed by atoms with van der Waals surface area (Å²) in [5.41, 5.74) is 0.873. The maximum atomic E-state index is 12.7. The third-order valence-electron chi connectivity index (χ3n) is 3.96. The Morgan fingerprint density at radius 1 is 1.37 bits per heavy atom. The lowest BCUT2D eigenvalue weighted by Gasteiger charge is -2.14. The van der Waals surface area contributed by atoms with Crippen LogP contribution in [0.2, 0.25) is 0 Å². The van der Waals surface area contributed by atoms with Gasteiger partial charge in [-0.1, -0.05) is 24.8 Å². The largest absolute Gasteiger partial charge is 0.378 e. The minimum absolute atomic E-state index is 0.196. The molecule has 1 atom stereocenters. The molecule has 0 bridgehead atoms. The molecule has 3 rings (SSSR count). The second-order valence-corrected chi connectivity index (χ2v) is 6.82. The molecule has 1 amide bonds. The average Bonchev–Trinajstić information content (AvgIpc) is 3.08. The van der Waals surface area contributed by atoms with Gasteiger partial charge < -0.3 is 10.4 Å². The van der Waals surface area contributed by atoms with Crippen LogP contribution in [0.3, 0.4) is 0 Å². The van der Waals surface area contributed by atoms with Crippen molar-refractivity contribution < 1.29 is 9.90 Å². The van der Waals surface area contributed by atoms with Crippen LogP contribution in [0.25, 0.3) is 5.78 Å². The number of nitrogens with zero attached hydrogens (tertiary/aromatic N) is 3. The summed E-state index contributed by atoms with van der Waals surface area (Å²) in [7, 11) is 0. The molecule has 0 radical (unpaired) electrons. The number of benzene rings is 1. The van der Waals surface area contributed by atoms with Crippen LogP contribution in [0.4, 0.5) is 0 Å². The fraction of sp³-hybridized carbons (Fsp3) is 0.286. The standard InChI is InChI=1S/C21H22N4O2/c1-4-17(18-14-25-12-6-11-22-20(25)24-18)23-19(26)16-8-5-7-15(13-16)9-10-21(2,3)27/h5-8,11-14,17,27H,4H2,1-3H3,(H,23,26). The lowest BCUT2D eigenvalue weighted by Crippen LogP contribution is -2.28. The number of fused-ring (bicyclic) bond motifs is 1. The smallest absolute Gasteiger partial charge is 0.251 e. The first-order valence-corrected chi connectivity index (χ1v) is 8.82. The van der Waals surface area contributed by atoms with Crippen molar-refractivity contribution in [2.75, 3.05) is 0 Å². The van der Waals surface area contributed by atoms with Crippen LogP contribution in [0, 0.1) is 11.8 Å². The van der Waals surface area contributed by atoms with Crippen molar-refractivity contribution in [3.8, 4) is 11.8 Å². The normalized spacial score (nSPS) is 12.3. The zero-order chi connectivity index (χ0) is 19.4. The molecular formula is C21H22N4O2. The summed E-state index contributed by atoms with van der Waals surface area (Å²) in [5, 5.41) is 12.7. The summed E-state index contributed by atoms with van der Waals surface area (Å²) in [4.78, 5) is 21.4. The van der Waals surface area contributed by atoms with Crippen molar-refractivity contribution in [1.29, 1.82) is 0 Å². The van der Waals surface area contributed by atoms with Gasteiger partial charge in [0.05, 0.1) is 11.7 Å². The first-order valence-electron chi connectivity index (χ1n) is 8.82. The Labute approximate surface area is 158 Å². The Bertz CT molecular complexity index is 989. The highest BCUT2D eigenvalue weighted by atomic mass is 16.3. The second-order valence-electron chi connectivity index (χ2n) is 6.82. The van der Waals surface area contributed by atoms with Gasteiger partial charge in [-0.2, -0.15) is 0 Å². The second kappa shape index (κ2) is 7.60. The van der Waals surface area contributed by atoms with E-state index in [-0.39, 0.29) is 11.9 Å². The number of amides is 1. The lowest BCUT2D eigenvalue weighted by molar-refractivity contribution is 0.0934. The van der Waals surface area contributed by atoms with Crippen LogP contribution >= 0.6 is 0 Å². The van der Waals surface area contributed by atoms with Crippen LogP contribution in [-0.2, 0) is 0 Å². The molecule has 0 saturated carbocycles. The average molecular weight is 362 g/mol. The van der Waals surface area contributed by atoms with Gasteiger partial charge in [-0.05, 0) is 44.5 Å². The number of hydrogen-bond acceptors (Lipinski definition) is 4. The van der Waals surface area contributed by atoms with Crippen LogP contribution in [-0.4, -0.2) is 31.0 Å². The van der Waals surface area contributed by atoms with Crippen LogP contribution in [0.1, 0.15) is 54.8 Å². The Morgan fingerprint density at radius 3 is 2.89 bits per heavy atom. The van der Waals surface area contributed by atoms with Crippen molar-refractivity contribution in [3.63, 3.8) is 0 Å². The van der Waals surface area contributed by atoms with Crippen molar-refractivity contribution in [3.05, 3.63) is 65.7 Å². The Kier molecular flexibility index (Phi) is 5.24. The molecule has 0 fully saturated rings. The summed E-state index contributed by atoms with van der Waals surface area (Å²) in [6.45, 7) is 5.23. The highest BCUT2D eigenvalue weighted by Gasteiger charge is 2.17. The van der Waals surface area contributed by atoms with E-state index in [0.717, 1.165) is 5.69 Å². The van der Waals surface area contributed by atoms with Crippen molar-refractivity contribution >= 4 is 11.7 Å². The summed E-state index contributed by atoms with van der Waals surface area (Å²) >= 11 is 0. The minimum Gasteiger partial charge on any atom is -0.378 e. The molecule has 2 aromatic heterocycles. The molecule has 138 valence electrons. The van der Waals surface area contributed by atoms with E-state index in [0.29, 0.717) is 23.3 Å². The molecule has 0 aliphatic heterocycles. The Hall–Kier alpha value is -3.17. The number of imidazole rings is 1. The van der Waals surface area contributed by atoms with Crippen LogP contribution in [0.5, 0.6) is 0 Å². The Balaban J connectivity index is 1.79. The van der Waals surface area contributed by atoms with Gasteiger partial charge in [-0.15, -0.1) is 0 Å². The molecule has 2 heterocycles. The van der Waals surface area contributed by atoms with Gasteiger partial charge in [0.2, 0.25) is 5.78 Å². The van der Waals surface area contributed by atoms with E-state index in [1.54, 1.807) is 44.3 Å². The van der Waals surface area contributed by atoms with Gasteiger partial charge in [0.15, 0.2) is 0 Å². The summed E-state index contributed by atoms with van der Waals surface area (Å²) in [6, 6.07) is 8.65.